The molecule has 38 nitrogen and oxygen atoms in total. The number of primary amides is 1. The molecule has 0 aromatic heterocycles. The topological polar surface area (TPSA) is 713 Å². The number of hydrogen-bond donors (Lipinski definition) is 23. The minimum Gasteiger partial charge on any atom is -0.480 e. The van der Waals surface area contributed by atoms with E-state index in [4.69, 9.17) is 80.3 Å². The molecule has 0 rings (SSSR count). The number of carboxylic acid groups (broad SMARTS) is 1. The number of nitrogens with zero attached hydrogens (tertiary/aromatic N) is 5. The van der Waals surface area contributed by atoms with Crippen LogP contribution >= 0.6 is 11.8 Å². The number of carbonyl (C=O) groups excluding carboxylic acids is 9. The van der Waals surface area contributed by atoms with Crippen molar-refractivity contribution in [3.8, 4) is 0 Å². The molecular weight excluding hydrogens is 1210 g/mol. The number of nitrogens with one attached hydrogen (secondary N) is 8. The first kappa shape index (κ1) is 82.3. The number of unbranched alkanes of at least 4 members (excludes halogenated alkanes) is 2. The summed E-state index contributed by atoms with van der Waals surface area (Å²) in [5.41, 5.74) is 78.0. The molecule has 0 aromatic carbocycles. The standard InChI is InChI=1S/C52H103N27O11S/c1-91-28-20-36(46(88)79-37(47(89)90)17-10-27-71-52(65)66)78-44(86)34(16-9-26-70-51(63)64)76-45(87)35(18-19-38(56)80)77-43(85)33(15-8-25-69-50(61)62)75-42(84)32(14-7-24-68-49(59)60)74-41(83)31(13-3-5-22-54)73-40(82)30(12-2-4-21-53)72-39(81)29(55)11-6-23-67-48(57)58/h29-37H,2-28,53-55H2,1H3,(H2,56,80)(H,72,81)(H,73,82)(H,74,83)(H,75,84)(H,76,87)(H,77,85)(H,78,86)(H,79,88)(H,89,90)(H4,57,58,67)(H4,59,60,68)(H4,61,62,69)(H4,63,64,70)(H4,65,66,71)/t29-,30+,31+,32+,33-,34+,35+,36+,37-/m1/s1. The molecule has 0 radical (unpaired) electrons. The Hall–Kier alpha value is -8.72. The van der Waals surface area contributed by atoms with Gasteiger partial charge in [-0.15, -0.1) is 0 Å². The van der Waals surface area contributed by atoms with Crippen LogP contribution in [-0.4, -0.2) is 206 Å². The van der Waals surface area contributed by atoms with E-state index in [1.807, 2.05) is 0 Å². The van der Waals surface area contributed by atoms with Gasteiger partial charge >= 0.3 is 5.97 Å². The molecule has 0 aliphatic heterocycles. The number of nitrogens with two attached hydrogens (primary N) is 14. The molecule has 0 saturated carbocycles. The van der Waals surface area contributed by atoms with E-state index in [0.717, 1.165) is 0 Å². The maximum atomic E-state index is 14.6. The van der Waals surface area contributed by atoms with Gasteiger partial charge in [-0.05, 0) is 141 Å². The Morgan fingerprint density at radius 2 is 0.582 bits per heavy atom. The second-order valence-electron chi connectivity index (χ2n) is 21.0. The monoisotopic (exact) mass is 1310 g/mol. The van der Waals surface area contributed by atoms with Gasteiger partial charge in [-0.3, -0.25) is 68.1 Å². The number of thioether (sulfide) groups is 1. The summed E-state index contributed by atoms with van der Waals surface area (Å²) in [6, 6.07) is -12.5. The van der Waals surface area contributed by atoms with Crippen LogP contribution in [0, 0.1) is 0 Å². The number of amides is 9. The van der Waals surface area contributed by atoms with Gasteiger partial charge in [-0.25, -0.2) is 4.79 Å². The Labute approximate surface area is 534 Å². The SMILES string of the molecule is CSCC[C@H](NC(=O)[C@H](CCCN=C(N)N)NC(=O)[C@H](CCC(N)=O)NC(=O)[C@@H](CCCN=C(N)N)NC(=O)[C@H](CCCN=C(N)N)NC(=O)[C@H](CCCCN)NC(=O)[C@H](CCCCN)NC(=O)[C@H](N)CCCN=C(N)N)C(=O)N[C@H](CCCN=C(N)N)C(=O)O. The summed E-state index contributed by atoms with van der Waals surface area (Å²) in [4.78, 5) is 157. The van der Waals surface area contributed by atoms with Crippen LogP contribution in [0.4, 0.5) is 0 Å². The molecule has 0 aliphatic carbocycles. The smallest absolute Gasteiger partial charge is 0.326 e. The zero-order valence-corrected chi connectivity index (χ0v) is 52.9. The first-order valence-electron chi connectivity index (χ1n) is 29.9. The zero-order chi connectivity index (χ0) is 68.8. The molecular formula is C52H103N27O11S. The van der Waals surface area contributed by atoms with E-state index in [2.05, 4.69) is 67.5 Å². The normalized spacial score (nSPS) is 13.8. The van der Waals surface area contributed by atoms with E-state index in [0.29, 0.717) is 37.9 Å². The molecule has 0 fully saturated rings. The Morgan fingerprint density at radius 3 is 0.846 bits per heavy atom. The minimum absolute atomic E-state index is 0.00696. The second-order valence-corrected chi connectivity index (χ2v) is 22.0. The van der Waals surface area contributed by atoms with Gasteiger partial charge in [0.1, 0.15) is 48.3 Å². The van der Waals surface area contributed by atoms with Crippen LogP contribution in [0.2, 0.25) is 0 Å². The number of hydrogen-bond acceptors (Lipinski definition) is 19. The van der Waals surface area contributed by atoms with Crippen molar-refractivity contribution >= 4 is 101 Å². The van der Waals surface area contributed by atoms with Crippen molar-refractivity contribution in [2.24, 2.45) is 105 Å². The third-order valence-electron chi connectivity index (χ3n) is 13.3. The van der Waals surface area contributed by atoms with Crippen molar-refractivity contribution in [1.82, 2.24) is 42.5 Å². The average molecular weight is 1310 g/mol. The van der Waals surface area contributed by atoms with E-state index in [1.165, 1.54) is 11.8 Å². The first-order chi connectivity index (χ1) is 43.1. The quantitative estimate of drug-likeness (QED) is 0.0153. The van der Waals surface area contributed by atoms with Gasteiger partial charge in [0.2, 0.25) is 53.2 Å². The van der Waals surface area contributed by atoms with E-state index in [1.54, 1.807) is 6.26 Å². The Balaban J connectivity index is 7.34. The highest BCUT2D eigenvalue weighted by Gasteiger charge is 2.35. The largest absolute Gasteiger partial charge is 0.480 e. The fourth-order valence-corrected chi connectivity index (χ4v) is 8.97. The van der Waals surface area contributed by atoms with Gasteiger partial charge in [0, 0.05) is 39.1 Å². The number of aliphatic carboxylic acids is 1. The molecule has 0 spiro atoms. The third-order valence-corrected chi connectivity index (χ3v) is 14.0. The summed E-state index contributed by atoms with van der Waals surface area (Å²) in [6.45, 7) is 0.682. The molecule has 9 amide bonds. The van der Waals surface area contributed by atoms with E-state index >= 15 is 0 Å². The predicted octanol–water partition coefficient (Wildman–Crippen LogP) is -9.18. The van der Waals surface area contributed by atoms with Gasteiger partial charge in [-0.1, -0.05) is 0 Å². The molecule has 0 unspecified atom stereocenters. The Kier molecular flexibility index (Phi) is 43.6. The molecule has 39 heteroatoms. The van der Waals surface area contributed by atoms with Gasteiger partial charge in [0.15, 0.2) is 29.8 Å². The lowest BCUT2D eigenvalue weighted by Crippen LogP contribution is -2.60. The Bertz CT molecular complexity index is 2440. The average Bonchev–Trinajstić information content (AvgIpc) is 1.44. The molecule has 518 valence electrons. The third kappa shape index (κ3) is 39.8. The van der Waals surface area contributed by atoms with E-state index in [-0.39, 0.29) is 153 Å². The summed E-state index contributed by atoms with van der Waals surface area (Å²) in [6.07, 6.45) is 2.81. The molecule has 0 heterocycles. The fourth-order valence-electron chi connectivity index (χ4n) is 8.50. The van der Waals surface area contributed by atoms with Crippen LogP contribution in [0.25, 0.3) is 0 Å². The van der Waals surface area contributed by atoms with Gasteiger partial charge in [-0.2, -0.15) is 11.8 Å². The van der Waals surface area contributed by atoms with Gasteiger partial charge in [0.05, 0.1) is 6.04 Å². The van der Waals surface area contributed by atoms with Crippen LogP contribution in [0.15, 0.2) is 25.0 Å². The van der Waals surface area contributed by atoms with Crippen LogP contribution < -0.4 is 123 Å². The molecule has 0 aliphatic rings. The lowest BCUT2D eigenvalue weighted by atomic mass is 10.0. The summed E-state index contributed by atoms with van der Waals surface area (Å²) >= 11 is 1.32. The number of carbonyl (C=O) groups is 10. The molecule has 91 heavy (non-hydrogen) atoms. The highest BCUT2D eigenvalue weighted by Crippen LogP contribution is 2.12. The summed E-state index contributed by atoms with van der Waals surface area (Å²) in [5, 5.41) is 30.7. The lowest BCUT2D eigenvalue weighted by Gasteiger charge is -2.28. The van der Waals surface area contributed by atoms with Crippen molar-refractivity contribution in [3.63, 3.8) is 0 Å². The maximum Gasteiger partial charge on any atom is 0.326 e. The molecule has 9 atom stereocenters. The molecule has 0 bridgehead atoms. The minimum atomic E-state index is -1.65. The maximum absolute atomic E-state index is 14.6. The molecule has 37 N–H and O–H groups in total. The van der Waals surface area contributed by atoms with E-state index in [9.17, 15) is 53.1 Å². The van der Waals surface area contributed by atoms with Crippen molar-refractivity contribution in [3.05, 3.63) is 0 Å². The van der Waals surface area contributed by atoms with Crippen LogP contribution in [0.3, 0.4) is 0 Å². The van der Waals surface area contributed by atoms with Crippen LogP contribution in [0.5, 0.6) is 0 Å². The lowest BCUT2D eigenvalue weighted by molar-refractivity contribution is -0.142. The predicted molar refractivity (Wildman–Crippen MR) is 348 cm³/mol. The summed E-state index contributed by atoms with van der Waals surface area (Å²) in [5.74, 6) is -10.1. The van der Waals surface area contributed by atoms with Crippen LogP contribution in [0.1, 0.15) is 122 Å². The van der Waals surface area contributed by atoms with Gasteiger partial charge < -0.3 is 128 Å². The summed E-state index contributed by atoms with van der Waals surface area (Å²) in [7, 11) is 0. The van der Waals surface area contributed by atoms with Crippen molar-refractivity contribution in [2.45, 2.75) is 176 Å². The number of aliphatic imine (C=N–C) groups is 5. The van der Waals surface area contributed by atoms with Crippen molar-refractivity contribution < 1.29 is 53.1 Å². The first-order valence-corrected chi connectivity index (χ1v) is 31.3. The molecule has 0 aromatic rings. The van der Waals surface area contributed by atoms with Crippen molar-refractivity contribution in [2.75, 3.05) is 57.8 Å². The Morgan fingerprint density at radius 1 is 0.341 bits per heavy atom. The highest BCUT2D eigenvalue weighted by molar-refractivity contribution is 7.98. The van der Waals surface area contributed by atoms with Crippen molar-refractivity contribution in [1.29, 1.82) is 0 Å². The number of guanidine groups is 5. The van der Waals surface area contributed by atoms with E-state index < -0.39 is 126 Å². The number of rotatable bonds is 51. The van der Waals surface area contributed by atoms with Gasteiger partial charge in [0.25, 0.3) is 0 Å². The van der Waals surface area contributed by atoms with Crippen LogP contribution in [-0.2, 0) is 47.9 Å². The highest BCUT2D eigenvalue weighted by atomic mass is 32.2. The summed E-state index contributed by atoms with van der Waals surface area (Å²) < 4.78 is 0. The fraction of sp³-hybridized carbons (Fsp3) is 0.712. The zero-order valence-electron chi connectivity index (χ0n) is 52.0. The second kappa shape index (κ2) is 48.2. The number of carboxylic acids is 1. The molecule has 0 saturated heterocycles.